The topological polar surface area (TPSA) is 8.17 Å². The Bertz CT molecular complexity index is 4260. The summed E-state index contributed by atoms with van der Waals surface area (Å²) >= 11 is 0. The van der Waals surface area contributed by atoms with Crippen molar-refractivity contribution in [1.29, 1.82) is 0 Å². The summed E-state index contributed by atoms with van der Waals surface area (Å²) in [5.74, 6) is 0. The van der Waals surface area contributed by atoms with Crippen LogP contribution in [0.3, 0.4) is 0 Å². The molecule has 2 nitrogen and oxygen atoms in total. The van der Waals surface area contributed by atoms with Gasteiger partial charge in [0.1, 0.15) is 0 Å². The lowest BCUT2D eigenvalue weighted by Crippen LogP contribution is -2.22. The fourth-order valence-electron chi connectivity index (χ4n) is 12.2. The van der Waals surface area contributed by atoms with E-state index in [1.54, 1.807) is 0 Å². The first-order valence-corrected chi connectivity index (χ1v) is 25.7. The van der Waals surface area contributed by atoms with E-state index in [9.17, 15) is 0 Å². The second-order valence-electron chi connectivity index (χ2n) is 19.7. The number of rotatable bonds is 9. The summed E-state index contributed by atoms with van der Waals surface area (Å²) in [6, 6.07) is 105. The van der Waals surface area contributed by atoms with Gasteiger partial charge in [-0.25, -0.2) is 0 Å². The van der Waals surface area contributed by atoms with Crippen molar-refractivity contribution >= 4 is 49.6 Å². The molecule has 0 fully saturated rings. The molecular formula is C72H50N2. The molecule has 0 amide bonds. The molecule has 74 heavy (non-hydrogen) atoms. The first-order chi connectivity index (χ1) is 36.6. The molecule has 2 heteroatoms. The molecule has 0 N–H and O–H groups in total. The number of anilines is 3. The number of hydrogen-bond donors (Lipinski definition) is 0. The minimum absolute atomic E-state index is 0.335. The minimum atomic E-state index is -0.335. The summed E-state index contributed by atoms with van der Waals surface area (Å²) < 4.78 is 2.39. The van der Waals surface area contributed by atoms with Crippen LogP contribution in [0.15, 0.2) is 285 Å². The van der Waals surface area contributed by atoms with Gasteiger partial charge in [-0.2, -0.15) is 0 Å². The summed E-state index contributed by atoms with van der Waals surface area (Å²) in [6.45, 7) is 2.40. The van der Waals surface area contributed by atoms with E-state index in [4.69, 9.17) is 0 Å². The lowest BCUT2D eigenvalue weighted by atomic mass is 9.74. The van der Waals surface area contributed by atoms with E-state index in [0.717, 1.165) is 45.0 Å². The molecule has 1 atom stereocenters. The van der Waals surface area contributed by atoms with Gasteiger partial charge in [-0.3, -0.25) is 0 Å². The van der Waals surface area contributed by atoms with Gasteiger partial charge >= 0.3 is 0 Å². The van der Waals surface area contributed by atoms with Crippen molar-refractivity contribution < 1.29 is 0 Å². The van der Waals surface area contributed by atoms with E-state index in [1.165, 1.54) is 82.6 Å². The summed E-state index contributed by atoms with van der Waals surface area (Å²) in [5.41, 5.74) is 22.4. The standard InChI is InChI=1S/C72H50N2/c1-72(54-27-7-3-8-28-54)65-38-15-11-33-59(65)60-44-42-53(48-66(60)72)57-32-12-16-39-67(57)74(68-40-17-13-34-61(68)63-37-21-25-50-24-20-36-58(71(50)63)49-22-5-2-6-23-49)56-31-19-26-51(46-56)52-43-45-70-64(47-52)62-35-14-18-41-69(62)73(70)55-29-9-4-10-30-55/h2-48H,1H3. The van der Waals surface area contributed by atoms with Crippen LogP contribution in [-0.4, -0.2) is 4.57 Å². The summed E-state index contributed by atoms with van der Waals surface area (Å²) in [7, 11) is 0. The average molecular weight is 943 g/mol. The van der Waals surface area contributed by atoms with Crippen LogP contribution in [-0.2, 0) is 5.41 Å². The van der Waals surface area contributed by atoms with Crippen molar-refractivity contribution in [3.8, 4) is 61.3 Å². The van der Waals surface area contributed by atoms with Crippen LogP contribution in [0.1, 0.15) is 23.6 Å². The zero-order valence-corrected chi connectivity index (χ0v) is 41.0. The van der Waals surface area contributed by atoms with Gasteiger partial charge in [0, 0.05) is 38.7 Å². The number of para-hydroxylation sites is 4. The van der Waals surface area contributed by atoms with Gasteiger partial charge < -0.3 is 9.47 Å². The van der Waals surface area contributed by atoms with Crippen molar-refractivity contribution in [2.75, 3.05) is 4.90 Å². The normalized spacial score (nSPS) is 13.8. The Hall–Kier alpha value is -9.50. The predicted molar refractivity (Wildman–Crippen MR) is 312 cm³/mol. The van der Waals surface area contributed by atoms with E-state index in [-0.39, 0.29) is 5.41 Å². The Kier molecular flexibility index (Phi) is 10.3. The molecule has 13 aromatic rings. The molecule has 0 aliphatic heterocycles. The molecule has 1 aromatic heterocycles. The predicted octanol–water partition coefficient (Wildman–Crippen LogP) is 19.4. The van der Waals surface area contributed by atoms with E-state index in [1.807, 2.05) is 0 Å². The lowest BCUT2D eigenvalue weighted by Gasteiger charge is -2.31. The third kappa shape index (κ3) is 6.94. The van der Waals surface area contributed by atoms with Gasteiger partial charge in [-0.05, 0) is 140 Å². The first kappa shape index (κ1) is 43.3. The largest absolute Gasteiger partial charge is 0.309 e. The molecule has 1 heterocycles. The Labute approximate surface area is 432 Å². The molecule has 1 aliphatic carbocycles. The highest BCUT2D eigenvalue weighted by Crippen LogP contribution is 2.54. The highest BCUT2D eigenvalue weighted by atomic mass is 15.1. The van der Waals surface area contributed by atoms with Crippen LogP contribution in [0.4, 0.5) is 17.1 Å². The SMILES string of the molecule is CC1(c2ccccc2)c2ccccc2-c2ccc(-c3ccccc3N(c3cccc(-c4ccc5c(c4)c4ccccc4n5-c4ccccc4)c3)c3ccccc3-c3cccc4cccc(-c5ccccc5)c34)cc21. The van der Waals surface area contributed by atoms with E-state index < -0.39 is 0 Å². The van der Waals surface area contributed by atoms with Crippen LogP contribution in [0, 0.1) is 0 Å². The van der Waals surface area contributed by atoms with Crippen LogP contribution < -0.4 is 4.90 Å². The highest BCUT2D eigenvalue weighted by Gasteiger charge is 2.41. The molecule has 0 radical (unpaired) electrons. The van der Waals surface area contributed by atoms with Crippen molar-refractivity contribution in [2.24, 2.45) is 0 Å². The maximum Gasteiger partial charge on any atom is 0.0541 e. The van der Waals surface area contributed by atoms with Gasteiger partial charge in [0.15, 0.2) is 0 Å². The number of aromatic nitrogens is 1. The number of fused-ring (bicyclic) bond motifs is 7. The van der Waals surface area contributed by atoms with Gasteiger partial charge in [-0.1, -0.05) is 224 Å². The Morgan fingerprint density at radius 2 is 0.878 bits per heavy atom. The maximum absolute atomic E-state index is 2.51. The van der Waals surface area contributed by atoms with Gasteiger partial charge in [-0.15, -0.1) is 0 Å². The van der Waals surface area contributed by atoms with Crippen molar-refractivity contribution in [3.05, 3.63) is 302 Å². The van der Waals surface area contributed by atoms with Crippen LogP contribution >= 0.6 is 0 Å². The average Bonchev–Trinajstić information content (AvgIpc) is 3.95. The quantitative estimate of drug-likeness (QED) is 0.140. The summed E-state index contributed by atoms with van der Waals surface area (Å²) in [4.78, 5) is 2.51. The van der Waals surface area contributed by atoms with Gasteiger partial charge in [0.2, 0.25) is 0 Å². The fourth-order valence-corrected chi connectivity index (χ4v) is 12.2. The number of hydrogen-bond acceptors (Lipinski definition) is 1. The van der Waals surface area contributed by atoms with E-state index >= 15 is 0 Å². The Morgan fingerprint density at radius 1 is 0.324 bits per heavy atom. The molecular weight excluding hydrogens is 893 g/mol. The smallest absolute Gasteiger partial charge is 0.0541 e. The maximum atomic E-state index is 2.51. The number of benzene rings is 12. The van der Waals surface area contributed by atoms with E-state index in [0.29, 0.717) is 0 Å². The van der Waals surface area contributed by atoms with Crippen molar-refractivity contribution in [1.82, 2.24) is 4.57 Å². The first-order valence-electron chi connectivity index (χ1n) is 25.7. The van der Waals surface area contributed by atoms with Crippen LogP contribution in [0.25, 0.3) is 93.9 Å². The molecule has 1 unspecified atom stereocenters. The van der Waals surface area contributed by atoms with Crippen LogP contribution in [0.2, 0.25) is 0 Å². The van der Waals surface area contributed by atoms with Crippen molar-refractivity contribution in [2.45, 2.75) is 12.3 Å². The molecule has 1 aliphatic rings. The second-order valence-corrected chi connectivity index (χ2v) is 19.7. The molecule has 348 valence electrons. The number of nitrogens with zero attached hydrogens (tertiary/aromatic N) is 2. The van der Waals surface area contributed by atoms with Crippen molar-refractivity contribution in [3.63, 3.8) is 0 Å². The summed E-state index contributed by atoms with van der Waals surface area (Å²) in [6.07, 6.45) is 0. The Morgan fingerprint density at radius 3 is 1.68 bits per heavy atom. The second kappa shape index (κ2) is 17.7. The third-order valence-electron chi connectivity index (χ3n) is 15.7. The van der Waals surface area contributed by atoms with Gasteiger partial charge in [0.05, 0.1) is 22.4 Å². The zero-order valence-electron chi connectivity index (χ0n) is 41.0. The zero-order chi connectivity index (χ0) is 49.2. The van der Waals surface area contributed by atoms with E-state index in [2.05, 4.69) is 302 Å². The Balaban J connectivity index is 0.989. The molecule has 0 spiro atoms. The molecule has 12 aromatic carbocycles. The molecule has 14 rings (SSSR count). The summed E-state index contributed by atoms with van der Waals surface area (Å²) in [5, 5.41) is 4.90. The molecule has 0 saturated carbocycles. The van der Waals surface area contributed by atoms with Crippen LogP contribution in [0.5, 0.6) is 0 Å². The van der Waals surface area contributed by atoms with Gasteiger partial charge in [0.25, 0.3) is 0 Å². The highest BCUT2D eigenvalue weighted by molar-refractivity contribution is 6.11. The lowest BCUT2D eigenvalue weighted by molar-refractivity contribution is 0.714. The fraction of sp³-hybridized carbons (Fsp3) is 0.0278. The molecule has 0 bridgehead atoms. The molecule has 0 saturated heterocycles. The monoisotopic (exact) mass is 942 g/mol. The minimum Gasteiger partial charge on any atom is -0.309 e. The third-order valence-corrected chi connectivity index (χ3v) is 15.7.